The summed E-state index contributed by atoms with van der Waals surface area (Å²) in [6, 6.07) is 2.98. The van der Waals surface area contributed by atoms with Crippen LogP contribution in [0.3, 0.4) is 0 Å². The number of likely N-dealkylation sites (N-methyl/N-ethyl adjacent to an activating group) is 1. The van der Waals surface area contributed by atoms with E-state index in [4.69, 9.17) is 14.9 Å². The highest BCUT2D eigenvalue weighted by Crippen LogP contribution is 2.42. The number of carbonyl (C=O) groups is 1. The topological polar surface area (TPSA) is 81.6 Å². The summed E-state index contributed by atoms with van der Waals surface area (Å²) in [7, 11) is 1.70. The van der Waals surface area contributed by atoms with Gasteiger partial charge in [-0.25, -0.2) is 4.98 Å². The molecular formula is C14H15N3O3. The van der Waals surface area contributed by atoms with Gasteiger partial charge in [-0.05, 0) is 18.9 Å². The maximum absolute atomic E-state index is 12.0. The van der Waals surface area contributed by atoms with E-state index >= 15 is 0 Å². The van der Waals surface area contributed by atoms with Gasteiger partial charge in [-0.3, -0.25) is 4.79 Å². The molecule has 6 heteroatoms. The van der Waals surface area contributed by atoms with Gasteiger partial charge in [0.05, 0.1) is 5.69 Å². The van der Waals surface area contributed by atoms with Gasteiger partial charge in [0.15, 0.2) is 11.5 Å². The number of hydrogen-bond donors (Lipinski definition) is 1. The number of rotatable bonds is 1. The molecule has 2 heterocycles. The number of fused-ring (bicyclic) bond motifs is 2. The van der Waals surface area contributed by atoms with Gasteiger partial charge in [-0.15, -0.1) is 0 Å². The lowest BCUT2D eigenvalue weighted by Gasteiger charge is -2.17. The molecule has 1 saturated carbocycles. The van der Waals surface area contributed by atoms with Crippen LogP contribution in [0.25, 0.3) is 11.1 Å². The second-order valence-corrected chi connectivity index (χ2v) is 5.43. The normalized spacial score (nSPS) is 22.6. The van der Waals surface area contributed by atoms with Gasteiger partial charge < -0.3 is 19.8 Å². The number of carbonyl (C=O) groups excluding carboxylic acids is 1. The van der Waals surface area contributed by atoms with E-state index in [-0.39, 0.29) is 12.5 Å². The fourth-order valence-electron chi connectivity index (χ4n) is 2.46. The van der Waals surface area contributed by atoms with E-state index in [1.54, 1.807) is 13.1 Å². The number of oxazole rings is 1. The fourth-order valence-corrected chi connectivity index (χ4v) is 2.46. The third kappa shape index (κ3) is 1.68. The molecule has 0 radical (unpaired) electrons. The Labute approximate surface area is 115 Å². The molecule has 1 amide bonds. The summed E-state index contributed by atoms with van der Waals surface area (Å²) in [6.45, 7) is 0.172. The molecule has 0 bridgehead atoms. The van der Waals surface area contributed by atoms with E-state index in [1.807, 2.05) is 6.07 Å². The first-order chi connectivity index (χ1) is 9.63. The number of amides is 1. The third-order valence-electron chi connectivity index (χ3n) is 3.84. The van der Waals surface area contributed by atoms with Gasteiger partial charge >= 0.3 is 0 Å². The predicted octanol–water partition coefficient (Wildman–Crippen LogP) is 1.39. The standard InChI is InChI=1S/C14H15N3O3/c1-17-10-4-9-11(20-13(16-9)7-2-3-7)5-12(10)19-6-8(15)14(17)18/h4-5,7-8H,2-3,6,15H2,1H3/t8-/m0/s1. The van der Waals surface area contributed by atoms with E-state index in [2.05, 4.69) is 4.98 Å². The molecule has 1 aliphatic heterocycles. The monoisotopic (exact) mass is 273 g/mol. The summed E-state index contributed by atoms with van der Waals surface area (Å²) in [6.07, 6.45) is 2.27. The van der Waals surface area contributed by atoms with Crippen molar-refractivity contribution in [2.75, 3.05) is 18.6 Å². The van der Waals surface area contributed by atoms with Crippen molar-refractivity contribution in [2.24, 2.45) is 5.73 Å². The van der Waals surface area contributed by atoms with E-state index in [0.29, 0.717) is 22.9 Å². The number of aromatic nitrogens is 1. The van der Waals surface area contributed by atoms with Gasteiger partial charge in [0.2, 0.25) is 5.91 Å². The first kappa shape index (κ1) is 11.7. The van der Waals surface area contributed by atoms with Crippen molar-refractivity contribution in [3.05, 3.63) is 18.0 Å². The van der Waals surface area contributed by atoms with Gasteiger partial charge in [-0.1, -0.05) is 0 Å². The second-order valence-electron chi connectivity index (χ2n) is 5.43. The molecule has 0 unspecified atom stereocenters. The lowest BCUT2D eigenvalue weighted by Crippen LogP contribution is -2.43. The zero-order chi connectivity index (χ0) is 13.9. The van der Waals surface area contributed by atoms with Crippen LogP contribution >= 0.6 is 0 Å². The van der Waals surface area contributed by atoms with E-state index < -0.39 is 6.04 Å². The molecule has 20 heavy (non-hydrogen) atoms. The van der Waals surface area contributed by atoms with Crippen LogP contribution in [0.4, 0.5) is 5.69 Å². The van der Waals surface area contributed by atoms with E-state index in [9.17, 15) is 4.79 Å². The molecule has 4 rings (SSSR count). The molecule has 0 spiro atoms. The van der Waals surface area contributed by atoms with Crippen LogP contribution in [0.1, 0.15) is 24.7 Å². The highest BCUT2D eigenvalue weighted by molar-refractivity contribution is 6.00. The van der Waals surface area contributed by atoms with Crippen molar-refractivity contribution in [3.63, 3.8) is 0 Å². The summed E-state index contributed by atoms with van der Waals surface area (Å²) in [4.78, 5) is 18.1. The Kier molecular flexibility index (Phi) is 2.32. The molecule has 6 nitrogen and oxygen atoms in total. The average Bonchev–Trinajstić information content (AvgIpc) is 3.22. The molecule has 1 atom stereocenters. The molecule has 1 fully saturated rings. The predicted molar refractivity (Wildman–Crippen MR) is 72.9 cm³/mol. The van der Waals surface area contributed by atoms with Crippen molar-refractivity contribution >= 4 is 22.7 Å². The summed E-state index contributed by atoms with van der Waals surface area (Å²) in [5.41, 5.74) is 7.90. The van der Waals surface area contributed by atoms with Crippen LogP contribution in [0.5, 0.6) is 5.75 Å². The van der Waals surface area contributed by atoms with Crippen LogP contribution in [-0.4, -0.2) is 30.6 Å². The molecule has 104 valence electrons. The van der Waals surface area contributed by atoms with Crippen LogP contribution in [0, 0.1) is 0 Å². The largest absolute Gasteiger partial charge is 0.489 e. The SMILES string of the molecule is CN1C(=O)[C@@H](N)COc2cc3oc(C4CC4)nc3cc21. The Morgan fingerprint density at radius 1 is 1.40 bits per heavy atom. The number of nitrogens with zero attached hydrogens (tertiary/aromatic N) is 2. The average molecular weight is 273 g/mol. The van der Waals surface area contributed by atoms with Gasteiger partial charge in [0.25, 0.3) is 0 Å². The Morgan fingerprint density at radius 2 is 2.20 bits per heavy atom. The maximum Gasteiger partial charge on any atom is 0.247 e. The minimum atomic E-state index is -0.645. The molecule has 2 aromatic rings. The quantitative estimate of drug-likeness (QED) is 0.849. The molecule has 2 aliphatic rings. The summed E-state index contributed by atoms with van der Waals surface area (Å²) in [5, 5.41) is 0. The molecular weight excluding hydrogens is 258 g/mol. The van der Waals surface area contributed by atoms with E-state index in [0.717, 1.165) is 24.2 Å². The minimum absolute atomic E-state index is 0.158. The summed E-state index contributed by atoms with van der Waals surface area (Å²) >= 11 is 0. The highest BCUT2D eigenvalue weighted by Gasteiger charge is 2.31. The molecule has 1 aromatic heterocycles. The maximum atomic E-state index is 12.0. The summed E-state index contributed by atoms with van der Waals surface area (Å²) in [5.74, 6) is 1.69. The van der Waals surface area contributed by atoms with Gasteiger partial charge in [0, 0.05) is 19.0 Å². The minimum Gasteiger partial charge on any atom is -0.489 e. The van der Waals surface area contributed by atoms with Gasteiger partial charge in [-0.2, -0.15) is 0 Å². The van der Waals surface area contributed by atoms with Crippen LogP contribution in [0.15, 0.2) is 16.5 Å². The number of ether oxygens (including phenoxy) is 1. The van der Waals surface area contributed by atoms with Crippen LogP contribution < -0.4 is 15.4 Å². The number of hydrogen-bond acceptors (Lipinski definition) is 5. The van der Waals surface area contributed by atoms with Crippen molar-refractivity contribution < 1.29 is 13.9 Å². The molecule has 2 N–H and O–H groups in total. The number of nitrogens with two attached hydrogens (primary N) is 1. The number of anilines is 1. The lowest BCUT2D eigenvalue weighted by atomic mass is 10.2. The Balaban J connectivity index is 1.85. The molecule has 1 aromatic carbocycles. The van der Waals surface area contributed by atoms with Crippen molar-refractivity contribution in [2.45, 2.75) is 24.8 Å². The lowest BCUT2D eigenvalue weighted by molar-refractivity contribution is -0.119. The summed E-state index contributed by atoms with van der Waals surface area (Å²) < 4.78 is 11.4. The zero-order valence-electron chi connectivity index (χ0n) is 11.1. The first-order valence-electron chi connectivity index (χ1n) is 6.74. The molecule has 0 saturated heterocycles. The third-order valence-corrected chi connectivity index (χ3v) is 3.84. The fraction of sp³-hybridized carbons (Fsp3) is 0.429. The van der Waals surface area contributed by atoms with E-state index in [1.165, 1.54) is 4.90 Å². The smallest absolute Gasteiger partial charge is 0.247 e. The first-order valence-corrected chi connectivity index (χ1v) is 6.74. The van der Waals surface area contributed by atoms with Crippen molar-refractivity contribution in [1.29, 1.82) is 0 Å². The van der Waals surface area contributed by atoms with Crippen LogP contribution in [0.2, 0.25) is 0 Å². The zero-order valence-corrected chi connectivity index (χ0v) is 11.1. The van der Waals surface area contributed by atoms with Crippen molar-refractivity contribution in [3.8, 4) is 5.75 Å². The Morgan fingerprint density at radius 3 is 2.95 bits per heavy atom. The number of benzene rings is 1. The molecule has 1 aliphatic carbocycles. The van der Waals surface area contributed by atoms with Crippen molar-refractivity contribution in [1.82, 2.24) is 4.98 Å². The second kappa shape index (κ2) is 3.96. The van der Waals surface area contributed by atoms with Crippen LogP contribution in [-0.2, 0) is 4.79 Å². The Bertz CT molecular complexity index is 705. The van der Waals surface area contributed by atoms with Gasteiger partial charge in [0.1, 0.15) is 23.9 Å². The Hall–Kier alpha value is -2.08. The highest BCUT2D eigenvalue weighted by atomic mass is 16.5.